The Balaban J connectivity index is 1.36. The van der Waals surface area contributed by atoms with E-state index in [1.807, 2.05) is 30.5 Å². The van der Waals surface area contributed by atoms with Gasteiger partial charge in [-0.2, -0.15) is 0 Å². The predicted octanol–water partition coefficient (Wildman–Crippen LogP) is 5.99. The zero-order valence-electron chi connectivity index (χ0n) is 19.9. The number of para-hydroxylation sites is 1. The summed E-state index contributed by atoms with van der Waals surface area (Å²) in [6.45, 7) is 5.63. The number of carbonyl (C=O) groups excluding carboxylic acids is 1. The molecule has 1 saturated heterocycles. The maximum absolute atomic E-state index is 13.6. The number of benzene rings is 3. The molecule has 1 amide bonds. The molecule has 2 unspecified atom stereocenters. The number of nitrogens with one attached hydrogen (secondary N) is 1. The summed E-state index contributed by atoms with van der Waals surface area (Å²) in [6.07, 6.45) is 3.71. The molecule has 4 aromatic rings. The van der Waals surface area contributed by atoms with Gasteiger partial charge in [0.05, 0.1) is 11.6 Å². The topological polar surface area (TPSA) is 45.2 Å². The molecule has 34 heavy (non-hydrogen) atoms. The minimum atomic E-state index is 0.0509. The number of hydrogen-bond donors (Lipinski definition) is 1. The van der Waals surface area contributed by atoms with Gasteiger partial charge < -0.3 is 10.2 Å². The molecule has 4 nitrogen and oxygen atoms in total. The van der Waals surface area contributed by atoms with Crippen LogP contribution in [0.15, 0.2) is 85.1 Å². The predicted molar refractivity (Wildman–Crippen MR) is 138 cm³/mol. The van der Waals surface area contributed by atoms with Crippen LogP contribution in [-0.4, -0.2) is 28.4 Å². The number of piperidine rings is 1. The van der Waals surface area contributed by atoms with Gasteiger partial charge in [0.1, 0.15) is 0 Å². The fourth-order valence-electron chi connectivity index (χ4n) is 5.21. The van der Waals surface area contributed by atoms with Crippen molar-refractivity contribution in [2.75, 3.05) is 6.54 Å². The van der Waals surface area contributed by atoms with E-state index in [1.165, 1.54) is 16.5 Å². The molecule has 4 heteroatoms. The van der Waals surface area contributed by atoms with E-state index >= 15 is 0 Å². The van der Waals surface area contributed by atoms with Crippen molar-refractivity contribution in [2.24, 2.45) is 0 Å². The van der Waals surface area contributed by atoms with Gasteiger partial charge in [-0.25, -0.2) is 0 Å². The van der Waals surface area contributed by atoms with Crippen LogP contribution in [0.2, 0.25) is 0 Å². The second-order valence-corrected chi connectivity index (χ2v) is 9.39. The van der Waals surface area contributed by atoms with Crippen LogP contribution in [0, 0.1) is 13.8 Å². The van der Waals surface area contributed by atoms with Crippen molar-refractivity contribution in [3.8, 4) is 0 Å². The second-order valence-electron chi connectivity index (χ2n) is 9.39. The summed E-state index contributed by atoms with van der Waals surface area (Å²) in [6, 6.07) is 27.4. The Morgan fingerprint density at radius 3 is 2.50 bits per heavy atom. The highest BCUT2D eigenvalue weighted by Gasteiger charge is 2.33. The molecule has 5 rings (SSSR count). The Kier molecular flexibility index (Phi) is 6.41. The summed E-state index contributed by atoms with van der Waals surface area (Å²) in [5, 5.41) is 4.98. The number of pyridine rings is 1. The highest BCUT2D eigenvalue weighted by molar-refractivity contribution is 5.95. The van der Waals surface area contributed by atoms with Gasteiger partial charge in [0, 0.05) is 36.3 Å². The fourth-order valence-corrected chi connectivity index (χ4v) is 5.21. The van der Waals surface area contributed by atoms with Gasteiger partial charge in [-0.1, -0.05) is 65.7 Å². The van der Waals surface area contributed by atoms with E-state index in [4.69, 9.17) is 0 Å². The summed E-state index contributed by atoms with van der Waals surface area (Å²) < 4.78 is 0. The smallest absolute Gasteiger partial charge is 0.254 e. The number of nitrogens with zero attached hydrogens (tertiary/aromatic N) is 2. The third-order valence-corrected chi connectivity index (χ3v) is 6.84. The lowest BCUT2D eigenvalue weighted by Crippen LogP contribution is -2.46. The Labute approximate surface area is 201 Å². The second kappa shape index (κ2) is 9.78. The molecule has 0 saturated carbocycles. The molecule has 2 heterocycles. The monoisotopic (exact) mass is 449 g/mol. The van der Waals surface area contributed by atoms with Gasteiger partial charge >= 0.3 is 0 Å². The third-order valence-electron chi connectivity index (χ3n) is 6.84. The average Bonchev–Trinajstić information content (AvgIpc) is 2.87. The Hall–Kier alpha value is -3.50. The lowest BCUT2D eigenvalue weighted by atomic mass is 9.90. The molecule has 2 atom stereocenters. The van der Waals surface area contributed by atoms with E-state index in [-0.39, 0.29) is 11.9 Å². The standard InChI is InChI=1S/C30H31N3O/c1-21-16-22(2)18-25(17-21)30(34)33-15-13-26(19-29(33)23-8-4-3-5-9-23)32-20-24-12-14-31-28-11-7-6-10-27(24)28/h3-12,14,16-18,26,29,32H,13,15,19-20H2,1-2H3. The van der Waals surface area contributed by atoms with Gasteiger partial charge in [-0.05, 0) is 62.1 Å². The molecule has 0 bridgehead atoms. The van der Waals surface area contributed by atoms with Gasteiger partial charge in [-0.3, -0.25) is 9.78 Å². The molecule has 1 N–H and O–H groups in total. The number of fused-ring (bicyclic) bond motifs is 1. The molecule has 1 fully saturated rings. The van der Waals surface area contributed by atoms with E-state index in [1.54, 1.807) is 0 Å². The van der Waals surface area contributed by atoms with Gasteiger partial charge in [-0.15, -0.1) is 0 Å². The molecule has 0 spiro atoms. The van der Waals surface area contributed by atoms with Crippen molar-refractivity contribution in [1.29, 1.82) is 0 Å². The zero-order valence-corrected chi connectivity index (χ0v) is 19.9. The summed E-state index contributed by atoms with van der Waals surface area (Å²) in [7, 11) is 0. The van der Waals surface area contributed by atoms with Gasteiger partial charge in [0.25, 0.3) is 5.91 Å². The molecular weight excluding hydrogens is 418 g/mol. The lowest BCUT2D eigenvalue weighted by Gasteiger charge is -2.40. The zero-order chi connectivity index (χ0) is 23.5. The van der Waals surface area contributed by atoms with E-state index in [0.29, 0.717) is 6.04 Å². The number of hydrogen-bond acceptors (Lipinski definition) is 3. The molecule has 1 aromatic heterocycles. The first-order valence-electron chi connectivity index (χ1n) is 12.1. The van der Waals surface area contributed by atoms with Crippen LogP contribution in [-0.2, 0) is 6.54 Å². The van der Waals surface area contributed by atoms with E-state index in [9.17, 15) is 4.79 Å². The molecule has 3 aromatic carbocycles. The van der Waals surface area contributed by atoms with E-state index < -0.39 is 0 Å². The number of rotatable bonds is 5. The maximum Gasteiger partial charge on any atom is 0.254 e. The first-order chi connectivity index (χ1) is 16.6. The van der Waals surface area contributed by atoms with Crippen LogP contribution in [0.4, 0.5) is 0 Å². The molecule has 0 radical (unpaired) electrons. The van der Waals surface area contributed by atoms with Gasteiger partial charge in [0.15, 0.2) is 0 Å². The first kappa shape index (κ1) is 22.3. The first-order valence-corrected chi connectivity index (χ1v) is 12.1. The number of aryl methyl sites for hydroxylation is 2. The van der Waals surface area contributed by atoms with Crippen molar-refractivity contribution < 1.29 is 4.79 Å². The molecule has 1 aliphatic heterocycles. The fraction of sp³-hybridized carbons (Fsp3) is 0.267. The van der Waals surface area contributed by atoms with Crippen LogP contribution < -0.4 is 5.32 Å². The summed E-state index contributed by atoms with van der Waals surface area (Å²) >= 11 is 0. The van der Waals surface area contributed by atoms with Gasteiger partial charge in [0.2, 0.25) is 0 Å². The van der Waals surface area contributed by atoms with Crippen molar-refractivity contribution in [3.63, 3.8) is 0 Å². The number of amides is 1. The average molecular weight is 450 g/mol. The highest BCUT2D eigenvalue weighted by atomic mass is 16.2. The number of aromatic nitrogens is 1. The van der Waals surface area contributed by atoms with Crippen molar-refractivity contribution in [2.45, 2.75) is 45.3 Å². The van der Waals surface area contributed by atoms with Crippen LogP contribution in [0.3, 0.4) is 0 Å². The lowest BCUT2D eigenvalue weighted by molar-refractivity contribution is 0.0574. The number of likely N-dealkylation sites (tertiary alicyclic amines) is 1. The molecular formula is C30H31N3O. The Morgan fingerprint density at radius 1 is 0.971 bits per heavy atom. The highest BCUT2D eigenvalue weighted by Crippen LogP contribution is 2.33. The summed E-state index contributed by atoms with van der Waals surface area (Å²) in [5.41, 5.74) is 6.52. The normalized spacial score (nSPS) is 18.2. The third kappa shape index (κ3) is 4.73. The molecule has 172 valence electrons. The van der Waals surface area contributed by atoms with Crippen LogP contribution in [0.1, 0.15) is 51.5 Å². The minimum Gasteiger partial charge on any atom is -0.331 e. The largest absolute Gasteiger partial charge is 0.331 e. The Bertz CT molecular complexity index is 1280. The van der Waals surface area contributed by atoms with Crippen LogP contribution in [0.5, 0.6) is 0 Å². The molecule has 0 aliphatic carbocycles. The summed E-state index contributed by atoms with van der Waals surface area (Å²) in [4.78, 5) is 20.2. The van der Waals surface area contributed by atoms with E-state index in [0.717, 1.165) is 48.1 Å². The maximum atomic E-state index is 13.6. The SMILES string of the molecule is Cc1cc(C)cc(C(=O)N2CCC(NCc3ccnc4ccccc34)CC2c2ccccc2)c1. The minimum absolute atomic E-state index is 0.0509. The van der Waals surface area contributed by atoms with Crippen LogP contribution in [0.25, 0.3) is 10.9 Å². The van der Waals surface area contributed by atoms with Crippen LogP contribution >= 0.6 is 0 Å². The Morgan fingerprint density at radius 2 is 1.71 bits per heavy atom. The van der Waals surface area contributed by atoms with Crippen molar-refractivity contribution in [3.05, 3.63) is 113 Å². The van der Waals surface area contributed by atoms with Crippen molar-refractivity contribution >= 4 is 16.8 Å². The quantitative estimate of drug-likeness (QED) is 0.407. The number of carbonyl (C=O) groups is 1. The van der Waals surface area contributed by atoms with E-state index in [2.05, 4.69) is 83.6 Å². The molecule has 1 aliphatic rings. The summed E-state index contributed by atoms with van der Waals surface area (Å²) in [5.74, 6) is 0.124. The van der Waals surface area contributed by atoms with Crippen molar-refractivity contribution in [1.82, 2.24) is 15.2 Å².